The molecule has 0 spiro atoms. The van der Waals surface area contributed by atoms with Crippen molar-refractivity contribution in [3.05, 3.63) is 57.6 Å². The predicted molar refractivity (Wildman–Crippen MR) is 98.1 cm³/mol. The standard InChI is InChI=1S/C18H17Cl2NO4/c1-10(2)11-3-5-12(6-4-11)25-9-17(22)21-16-7-13(18(23)24)14(19)8-15(16)20/h3-8,10H,9H2,1-2H3,(H,21,22)(H,23,24). The second-order valence-electron chi connectivity index (χ2n) is 5.68. The van der Waals surface area contributed by atoms with E-state index in [-0.39, 0.29) is 27.9 Å². The maximum absolute atomic E-state index is 12.0. The van der Waals surface area contributed by atoms with Crippen LogP contribution in [0.1, 0.15) is 35.7 Å². The van der Waals surface area contributed by atoms with Crippen LogP contribution in [-0.2, 0) is 4.79 Å². The van der Waals surface area contributed by atoms with E-state index in [1.807, 2.05) is 12.1 Å². The minimum absolute atomic E-state index is 0.00279. The van der Waals surface area contributed by atoms with Crippen molar-refractivity contribution in [2.75, 3.05) is 11.9 Å². The molecule has 0 aliphatic rings. The van der Waals surface area contributed by atoms with Crippen molar-refractivity contribution in [2.45, 2.75) is 19.8 Å². The lowest BCUT2D eigenvalue weighted by Gasteiger charge is -2.11. The molecule has 0 bridgehead atoms. The second kappa shape index (κ2) is 8.23. The van der Waals surface area contributed by atoms with Crippen LogP contribution in [0.2, 0.25) is 10.0 Å². The first-order valence-electron chi connectivity index (χ1n) is 7.53. The summed E-state index contributed by atoms with van der Waals surface area (Å²) < 4.78 is 5.42. The average Bonchev–Trinajstić information content (AvgIpc) is 2.55. The molecule has 0 radical (unpaired) electrons. The molecule has 0 aliphatic carbocycles. The molecule has 0 saturated heterocycles. The van der Waals surface area contributed by atoms with Crippen molar-refractivity contribution in [3.63, 3.8) is 0 Å². The van der Waals surface area contributed by atoms with Crippen LogP contribution in [0, 0.1) is 0 Å². The van der Waals surface area contributed by atoms with Crippen LogP contribution >= 0.6 is 23.2 Å². The van der Waals surface area contributed by atoms with Crippen molar-refractivity contribution in [2.24, 2.45) is 0 Å². The lowest BCUT2D eigenvalue weighted by molar-refractivity contribution is -0.118. The number of carboxylic acids is 1. The van der Waals surface area contributed by atoms with Crippen LogP contribution < -0.4 is 10.1 Å². The third-order valence-electron chi connectivity index (χ3n) is 3.48. The van der Waals surface area contributed by atoms with E-state index in [9.17, 15) is 9.59 Å². The molecule has 2 N–H and O–H groups in total. The zero-order valence-electron chi connectivity index (χ0n) is 13.7. The number of hydrogen-bond donors (Lipinski definition) is 2. The molecule has 132 valence electrons. The number of ether oxygens (including phenoxy) is 1. The van der Waals surface area contributed by atoms with Gasteiger partial charge in [-0.05, 0) is 35.7 Å². The molecule has 0 aromatic heterocycles. The van der Waals surface area contributed by atoms with Crippen molar-refractivity contribution in [1.29, 1.82) is 0 Å². The van der Waals surface area contributed by atoms with Gasteiger partial charge in [0.05, 0.1) is 21.3 Å². The summed E-state index contributed by atoms with van der Waals surface area (Å²) in [6, 6.07) is 9.94. The van der Waals surface area contributed by atoms with E-state index in [0.29, 0.717) is 11.7 Å². The molecule has 7 heteroatoms. The van der Waals surface area contributed by atoms with E-state index in [2.05, 4.69) is 19.2 Å². The number of anilines is 1. The Morgan fingerprint density at radius 3 is 2.32 bits per heavy atom. The Balaban J connectivity index is 2.00. The van der Waals surface area contributed by atoms with Crippen molar-refractivity contribution in [3.8, 4) is 5.75 Å². The third-order valence-corrected chi connectivity index (χ3v) is 4.10. The zero-order chi connectivity index (χ0) is 18.6. The number of hydrogen-bond acceptors (Lipinski definition) is 3. The summed E-state index contributed by atoms with van der Waals surface area (Å²) in [5.74, 6) is -0.701. The van der Waals surface area contributed by atoms with E-state index < -0.39 is 11.9 Å². The first-order valence-corrected chi connectivity index (χ1v) is 8.28. The van der Waals surface area contributed by atoms with Crippen LogP contribution in [0.3, 0.4) is 0 Å². The number of rotatable bonds is 6. The maximum atomic E-state index is 12.0. The summed E-state index contributed by atoms with van der Waals surface area (Å²) >= 11 is 11.8. The Kier molecular flexibility index (Phi) is 6.28. The fraction of sp³-hybridized carbons (Fsp3) is 0.222. The topological polar surface area (TPSA) is 75.6 Å². The normalized spacial score (nSPS) is 10.6. The average molecular weight is 382 g/mol. The van der Waals surface area contributed by atoms with Crippen molar-refractivity contribution in [1.82, 2.24) is 0 Å². The van der Waals surface area contributed by atoms with Gasteiger partial charge in [0, 0.05) is 0 Å². The SMILES string of the molecule is CC(C)c1ccc(OCC(=O)Nc2cc(C(=O)O)c(Cl)cc2Cl)cc1. The van der Waals surface area contributed by atoms with Crippen LogP contribution in [-0.4, -0.2) is 23.6 Å². The van der Waals surface area contributed by atoms with Crippen LogP contribution in [0.4, 0.5) is 5.69 Å². The minimum atomic E-state index is -1.21. The molecule has 25 heavy (non-hydrogen) atoms. The van der Waals surface area contributed by atoms with E-state index in [1.165, 1.54) is 17.7 Å². The van der Waals surface area contributed by atoms with Crippen molar-refractivity contribution < 1.29 is 19.4 Å². The van der Waals surface area contributed by atoms with Gasteiger partial charge in [-0.3, -0.25) is 4.79 Å². The highest BCUT2D eigenvalue weighted by Gasteiger charge is 2.15. The first kappa shape index (κ1) is 19.1. The van der Waals surface area contributed by atoms with Crippen molar-refractivity contribution >= 4 is 40.8 Å². The maximum Gasteiger partial charge on any atom is 0.337 e. The number of nitrogens with one attached hydrogen (secondary N) is 1. The fourth-order valence-electron chi connectivity index (χ4n) is 2.09. The van der Waals surface area contributed by atoms with E-state index in [0.717, 1.165) is 0 Å². The molecule has 2 rings (SSSR count). The molecular weight excluding hydrogens is 365 g/mol. The minimum Gasteiger partial charge on any atom is -0.484 e. The number of aromatic carboxylic acids is 1. The third kappa shape index (κ3) is 5.11. The summed E-state index contributed by atoms with van der Waals surface area (Å²) in [4.78, 5) is 23.1. The molecule has 0 unspecified atom stereocenters. The first-order chi connectivity index (χ1) is 11.8. The zero-order valence-corrected chi connectivity index (χ0v) is 15.2. The molecular formula is C18H17Cl2NO4. The number of carboxylic acid groups (broad SMARTS) is 1. The molecule has 2 aromatic rings. The van der Waals surface area contributed by atoms with Crippen LogP contribution in [0.5, 0.6) is 5.75 Å². The molecule has 1 amide bonds. The molecule has 0 aliphatic heterocycles. The van der Waals surface area contributed by atoms with E-state index in [1.54, 1.807) is 12.1 Å². The van der Waals surface area contributed by atoms with Gasteiger partial charge in [-0.1, -0.05) is 49.2 Å². The van der Waals surface area contributed by atoms with Crippen LogP contribution in [0.15, 0.2) is 36.4 Å². The molecule has 2 aromatic carbocycles. The lowest BCUT2D eigenvalue weighted by atomic mass is 10.0. The molecule has 0 fully saturated rings. The van der Waals surface area contributed by atoms with Gasteiger partial charge >= 0.3 is 5.97 Å². The predicted octanol–water partition coefficient (Wildman–Crippen LogP) is 4.83. The number of benzene rings is 2. The Morgan fingerprint density at radius 2 is 1.76 bits per heavy atom. The molecule has 0 saturated carbocycles. The summed E-state index contributed by atoms with van der Waals surface area (Å²) in [5.41, 5.74) is 1.18. The van der Waals surface area contributed by atoms with E-state index >= 15 is 0 Å². The Bertz CT molecular complexity index is 788. The summed E-state index contributed by atoms with van der Waals surface area (Å²) in [5, 5.41) is 11.7. The van der Waals surface area contributed by atoms with Gasteiger partial charge < -0.3 is 15.2 Å². The van der Waals surface area contributed by atoms with Gasteiger partial charge in [0.25, 0.3) is 5.91 Å². The highest BCUT2D eigenvalue weighted by atomic mass is 35.5. The molecule has 5 nitrogen and oxygen atoms in total. The van der Waals surface area contributed by atoms with E-state index in [4.69, 9.17) is 33.0 Å². The molecule has 0 atom stereocenters. The largest absolute Gasteiger partial charge is 0.484 e. The Morgan fingerprint density at radius 1 is 1.12 bits per heavy atom. The Labute approximate surface area is 155 Å². The fourth-order valence-corrected chi connectivity index (χ4v) is 2.60. The highest BCUT2D eigenvalue weighted by Crippen LogP contribution is 2.29. The van der Waals surface area contributed by atoms with Gasteiger partial charge in [0.1, 0.15) is 5.75 Å². The number of carbonyl (C=O) groups excluding carboxylic acids is 1. The summed E-state index contributed by atoms with van der Waals surface area (Å²) in [7, 11) is 0. The van der Waals surface area contributed by atoms with Gasteiger partial charge in [-0.25, -0.2) is 4.79 Å². The summed E-state index contributed by atoms with van der Waals surface area (Å²) in [6.45, 7) is 3.94. The van der Waals surface area contributed by atoms with Gasteiger partial charge in [0.15, 0.2) is 6.61 Å². The highest BCUT2D eigenvalue weighted by molar-refractivity contribution is 6.38. The Hall–Kier alpha value is -2.24. The quantitative estimate of drug-likeness (QED) is 0.750. The number of amides is 1. The lowest BCUT2D eigenvalue weighted by Crippen LogP contribution is -2.20. The smallest absolute Gasteiger partial charge is 0.337 e. The molecule has 0 heterocycles. The number of halogens is 2. The van der Waals surface area contributed by atoms with Gasteiger partial charge in [0.2, 0.25) is 0 Å². The van der Waals surface area contributed by atoms with Crippen LogP contribution in [0.25, 0.3) is 0 Å². The van der Waals surface area contributed by atoms with Gasteiger partial charge in [-0.2, -0.15) is 0 Å². The summed E-state index contributed by atoms with van der Waals surface area (Å²) in [6.07, 6.45) is 0. The second-order valence-corrected chi connectivity index (χ2v) is 6.49. The monoisotopic (exact) mass is 381 g/mol. The van der Waals surface area contributed by atoms with Gasteiger partial charge in [-0.15, -0.1) is 0 Å². The number of carbonyl (C=O) groups is 2.